The molecule has 6 nitrogen and oxygen atoms in total. The highest BCUT2D eigenvalue weighted by Crippen LogP contribution is 2.28. The fraction of sp³-hybridized carbons (Fsp3) is 0.579. The van der Waals surface area contributed by atoms with E-state index in [1.54, 1.807) is 0 Å². The Kier molecular flexibility index (Phi) is 9.44. The highest BCUT2D eigenvalue weighted by Gasteiger charge is 2.27. The summed E-state index contributed by atoms with van der Waals surface area (Å²) >= 11 is 0. The lowest BCUT2D eigenvalue weighted by Crippen LogP contribution is -2.47. The van der Waals surface area contributed by atoms with Crippen molar-refractivity contribution in [2.24, 2.45) is 0 Å². The lowest BCUT2D eigenvalue weighted by Gasteiger charge is -2.33. The van der Waals surface area contributed by atoms with E-state index in [1.165, 1.54) is 6.92 Å². The van der Waals surface area contributed by atoms with Crippen molar-refractivity contribution in [3.8, 4) is 5.75 Å². The minimum Gasteiger partial charge on any atom is -0.494 e. The third-order valence-corrected chi connectivity index (χ3v) is 4.53. The minimum atomic E-state index is -0.386. The zero-order valence-corrected chi connectivity index (χ0v) is 16.6. The number of carbonyl (C=O) groups excluding carboxylic acids is 2. The SMILES string of the molecule is CCOc1ccccc1C(CC(=O)N1CCCC(NC)C1)NC(C)=O.Cl. The summed E-state index contributed by atoms with van der Waals surface area (Å²) in [6.07, 6.45) is 2.32. The van der Waals surface area contributed by atoms with E-state index in [0.717, 1.165) is 31.5 Å². The number of carbonyl (C=O) groups is 2. The molecule has 0 radical (unpaired) electrons. The van der Waals surface area contributed by atoms with Crippen LogP contribution in [0, 0.1) is 0 Å². The van der Waals surface area contributed by atoms with Gasteiger partial charge in [0.1, 0.15) is 5.75 Å². The molecule has 1 saturated heterocycles. The highest BCUT2D eigenvalue weighted by molar-refractivity contribution is 5.85. The summed E-state index contributed by atoms with van der Waals surface area (Å²) in [5.41, 5.74) is 0.843. The van der Waals surface area contributed by atoms with Crippen molar-refractivity contribution >= 4 is 24.2 Å². The van der Waals surface area contributed by atoms with Crippen LogP contribution in [0.1, 0.15) is 44.7 Å². The van der Waals surface area contributed by atoms with Gasteiger partial charge in [0, 0.05) is 31.6 Å². The number of nitrogens with one attached hydrogen (secondary N) is 2. The topological polar surface area (TPSA) is 70.7 Å². The van der Waals surface area contributed by atoms with E-state index in [2.05, 4.69) is 10.6 Å². The molecule has 2 atom stereocenters. The summed E-state index contributed by atoms with van der Waals surface area (Å²) in [5, 5.41) is 6.16. The van der Waals surface area contributed by atoms with Gasteiger partial charge in [-0.2, -0.15) is 0 Å². The van der Waals surface area contributed by atoms with Gasteiger partial charge in [-0.05, 0) is 32.9 Å². The maximum atomic E-state index is 12.8. The number of ether oxygens (including phenoxy) is 1. The van der Waals surface area contributed by atoms with Gasteiger partial charge in [-0.15, -0.1) is 12.4 Å². The Morgan fingerprint density at radius 1 is 1.35 bits per heavy atom. The number of halogens is 1. The van der Waals surface area contributed by atoms with E-state index >= 15 is 0 Å². The summed E-state index contributed by atoms with van der Waals surface area (Å²) in [4.78, 5) is 26.4. The smallest absolute Gasteiger partial charge is 0.225 e. The predicted molar refractivity (Wildman–Crippen MR) is 105 cm³/mol. The summed E-state index contributed by atoms with van der Waals surface area (Å²) in [6.45, 7) is 5.42. The molecule has 0 aliphatic carbocycles. The number of hydrogen-bond acceptors (Lipinski definition) is 4. The third-order valence-electron chi connectivity index (χ3n) is 4.53. The predicted octanol–water partition coefficient (Wildman–Crippen LogP) is 2.28. The van der Waals surface area contributed by atoms with E-state index in [9.17, 15) is 9.59 Å². The highest BCUT2D eigenvalue weighted by atomic mass is 35.5. The van der Waals surface area contributed by atoms with Gasteiger partial charge >= 0.3 is 0 Å². The summed E-state index contributed by atoms with van der Waals surface area (Å²) in [7, 11) is 1.93. The van der Waals surface area contributed by atoms with Crippen LogP contribution in [0.4, 0.5) is 0 Å². The summed E-state index contributed by atoms with van der Waals surface area (Å²) in [6, 6.07) is 7.52. The molecule has 1 aliphatic heterocycles. The van der Waals surface area contributed by atoms with Crippen LogP contribution in [0.2, 0.25) is 0 Å². The first-order valence-corrected chi connectivity index (χ1v) is 8.99. The maximum Gasteiger partial charge on any atom is 0.225 e. The molecule has 1 aliphatic rings. The van der Waals surface area contributed by atoms with E-state index < -0.39 is 0 Å². The molecule has 7 heteroatoms. The van der Waals surface area contributed by atoms with Crippen LogP contribution < -0.4 is 15.4 Å². The van der Waals surface area contributed by atoms with Crippen LogP contribution in [0.3, 0.4) is 0 Å². The Labute approximate surface area is 162 Å². The van der Waals surface area contributed by atoms with Crippen LogP contribution in [0.15, 0.2) is 24.3 Å². The first-order valence-electron chi connectivity index (χ1n) is 8.99. The van der Waals surface area contributed by atoms with E-state index in [-0.39, 0.29) is 36.7 Å². The molecule has 0 saturated carbocycles. The molecule has 0 aromatic heterocycles. The number of benzene rings is 1. The van der Waals surface area contributed by atoms with Crippen molar-refractivity contribution in [1.29, 1.82) is 0 Å². The van der Waals surface area contributed by atoms with Crippen LogP contribution in [-0.4, -0.2) is 49.5 Å². The number of likely N-dealkylation sites (tertiary alicyclic amines) is 1. The molecule has 26 heavy (non-hydrogen) atoms. The quantitative estimate of drug-likeness (QED) is 0.757. The number of hydrogen-bond donors (Lipinski definition) is 2. The minimum absolute atomic E-state index is 0. The van der Waals surface area contributed by atoms with Gasteiger partial charge in [0.05, 0.1) is 19.1 Å². The first kappa shape index (κ1) is 22.3. The second kappa shape index (κ2) is 11.0. The zero-order chi connectivity index (χ0) is 18.2. The number of para-hydroxylation sites is 1. The Bertz CT molecular complexity index is 597. The molecule has 1 heterocycles. The largest absolute Gasteiger partial charge is 0.494 e. The molecular formula is C19H30ClN3O3. The zero-order valence-electron chi connectivity index (χ0n) is 15.8. The van der Waals surface area contributed by atoms with Crippen molar-refractivity contribution < 1.29 is 14.3 Å². The van der Waals surface area contributed by atoms with E-state index in [1.807, 2.05) is 43.1 Å². The lowest BCUT2D eigenvalue weighted by molar-refractivity contribution is -0.133. The Morgan fingerprint density at radius 3 is 2.73 bits per heavy atom. The van der Waals surface area contributed by atoms with Crippen molar-refractivity contribution in [2.75, 3.05) is 26.7 Å². The van der Waals surface area contributed by atoms with Crippen molar-refractivity contribution in [2.45, 2.75) is 45.2 Å². The lowest BCUT2D eigenvalue weighted by atomic mass is 10.00. The number of piperidine rings is 1. The van der Waals surface area contributed by atoms with Gasteiger partial charge in [-0.3, -0.25) is 9.59 Å². The molecule has 146 valence electrons. The van der Waals surface area contributed by atoms with Crippen LogP contribution in [0.5, 0.6) is 5.75 Å². The first-order chi connectivity index (χ1) is 12.0. The Hall–Kier alpha value is -1.79. The third kappa shape index (κ3) is 6.18. The van der Waals surface area contributed by atoms with Crippen molar-refractivity contribution in [3.05, 3.63) is 29.8 Å². The molecule has 0 bridgehead atoms. The molecule has 1 aromatic rings. The standard InChI is InChI=1S/C19H29N3O3.ClH/c1-4-25-18-10-6-5-9-16(18)17(21-14(2)23)12-19(24)22-11-7-8-15(13-22)20-3;/h5-6,9-10,15,17,20H,4,7-8,11-13H2,1-3H3,(H,21,23);1H. The van der Waals surface area contributed by atoms with Gasteiger partial charge in [-0.1, -0.05) is 18.2 Å². The van der Waals surface area contributed by atoms with Crippen LogP contribution >= 0.6 is 12.4 Å². The fourth-order valence-corrected chi connectivity index (χ4v) is 3.28. The average molecular weight is 384 g/mol. The second-order valence-electron chi connectivity index (χ2n) is 6.40. The average Bonchev–Trinajstić information content (AvgIpc) is 2.61. The number of amides is 2. The molecule has 2 rings (SSSR count). The number of rotatable bonds is 7. The molecular weight excluding hydrogens is 354 g/mol. The van der Waals surface area contributed by atoms with E-state index in [0.29, 0.717) is 18.4 Å². The molecule has 1 fully saturated rings. The molecule has 2 N–H and O–H groups in total. The monoisotopic (exact) mass is 383 g/mol. The molecule has 1 aromatic carbocycles. The van der Waals surface area contributed by atoms with Gasteiger partial charge < -0.3 is 20.3 Å². The van der Waals surface area contributed by atoms with Crippen LogP contribution in [-0.2, 0) is 9.59 Å². The van der Waals surface area contributed by atoms with E-state index in [4.69, 9.17) is 4.74 Å². The fourth-order valence-electron chi connectivity index (χ4n) is 3.28. The van der Waals surface area contributed by atoms with Gasteiger partial charge in [0.25, 0.3) is 0 Å². The summed E-state index contributed by atoms with van der Waals surface area (Å²) in [5.74, 6) is 0.615. The molecule has 2 amide bonds. The molecule has 2 unspecified atom stereocenters. The van der Waals surface area contributed by atoms with Gasteiger partial charge in [0.2, 0.25) is 11.8 Å². The Balaban J connectivity index is 0.00000338. The van der Waals surface area contributed by atoms with Crippen molar-refractivity contribution in [1.82, 2.24) is 15.5 Å². The summed E-state index contributed by atoms with van der Waals surface area (Å²) < 4.78 is 5.67. The Morgan fingerprint density at radius 2 is 2.08 bits per heavy atom. The van der Waals surface area contributed by atoms with Gasteiger partial charge in [0.15, 0.2) is 0 Å². The number of likely N-dealkylation sites (N-methyl/N-ethyl adjacent to an activating group) is 1. The van der Waals surface area contributed by atoms with Gasteiger partial charge in [-0.25, -0.2) is 0 Å². The van der Waals surface area contributed by atoms with Crippen molar-refractivity contribution in [3.63, 3.8) is 0 Å². The number of nitrogens with zero attached hydrogens (tertiary/aromatic N) is 1. The molecule has 0 spiro atoms. The maximum absolute atomic E-state index is 12.8. The van der Waals surface area contributed by atoms with Crippen LogP contribution in [0.25, 0.3) is 0 Å². The normalized spacial score (nSPS) is 17.8. The second-order valence-corrected chi connectivity index (χ2v) is 6.40.